The number of ether oxygens (including phenoxy) is 2. The van der Waals surface area contributed by atoms with Crippen LogP contribution >= 0.6 is 7.82 Å². The van der Waals surface area contributed by atoms with E-state index >= 15 is 4.39 Å². The number of hydrogen-bond acceptors (Lipinski definition) is 16. The Morgan fingerprint density at radius 1 is 1.09 bits per heavy atom. The Bertz CT molecular complexity index is 1920. The number of fused-ring (bicyclic) bond motifs is 4. The fraction of sp³-hybridized carbons (Fsp3) is 0.500. The summed E-state index contributed by atoms with van der Waals surface area (Å²) in [6.07, 6.45) is -5.67. The summed E-state index contributed by atoms with van der Waals surface area (Å²) >= 11 is 0. The van der Waals surface area contributed by atoms with Gasteiger partial charge >= 0.3 is 10.3 Å². The van der Waals surface area contributed by atoms with Gasteiger partial charge in [0.15, 0.2) is 29.4 Å². The Hall–Kier alpha value is -3.47. The molecule has 0 aromatic carbocycles. The van der Waals surface area contributed by atoms with Crippen molar-refractivity contribution in [3.05, 3.63) is 35.5 Å². The molecule has 3 fully saturated rings. The van der Waals surface area contributed by atoms with Crippen LogP contribution in [0.2, 0.25) is 0 Å². The van der Waals surface area contributed by atoms with Crippen molar-refractivity contribution in [1.29, 1.82) is 0 Å². The van der Waals surface area contributed by atoms with Gasteiger partial charge in [0.1, 0.15) is 42.5 Å². The van der Waals surface area contributed by atoms with E-state index in [0.717, 1.165) is 10.9 Å². The van der Waals surface area contributed by atoms with Crippen LogP contribution in [0, 0.1) is 0 Å². The molecule has 230 valence electrons. The predicted octanol–water partition coefficient (Wildman–Crippen LogP) is -1.83. The van der Waals surface area contributed by atoms with Crippen molar-refractivity contribution in [3.63, 3.8) is 0 Å². The zero-order valence-corrected chi connectivity index (χ0v) is 23.2. The van der Waals surface area contributed by atoms with Crippen LogP contribution in [0.25, 0.3) is 22.2 Å². The van der Waals surface area contributed by atoms with Crippen LogP contribution in [0.3, 0.4) is 0 Å². The molecule has 7 heterocycles. The summed E-state index contributed by atoms with van der Waals surface area (Å²) in [5.41, 5.74) is 5.80. The van der Waals surface area contributed by atoms with Crippen molar-refractivity contribution < 1.29 is 45.0 Å². The standard InChI is InChI=1S/C20H22FN10O10PS/c21-13-16-10(39-20(13)31-7-26-15-17(22)23-5-24-18(15)31)3-28-43(35,36)41-9-1-12(38-11(9)4-37-42(33,34)40-16)30-6-25-14-8(30)2-27-29-19(14)32/h2,5-7,9-13,16,20,28H,1,3-4H2,(H,29,32)(H,33,34)(H2,22,23,24)/p-1/t9-,10+,11+,12+,13+,16+,20+/m0/s1. The molecule has 0 aliphatic carbocycles. The van der Waals surface area contributed by atoms with E-state index in [1.165, 1.54) is 23.4 Å². The third-order valence-electron chi connectivity index (χ3n) is 7.18. The number of aromatic amines is 1. The summed E-state index contributed by atoms with van der Waals surface area (Å²) in [4.78, 5) is 40.8. The second kappa shape index (κ2) is 10.3. The van der Waals surface area contributed by atoms with Crippen LogP contribution in [-0.2, 0) is 37.6 Å². The summed E-state index contributed by atoms with van der Waals surface area (Å²) in [5.74, 6) is 0.0174. The highest BCUT2D eigenvalue weighted by Crippen LogP contribution is 2.47. The number of nitrogen functional groups attached to an aromatic ring is 1. The molecule has 4 aromatic rings. The minimum atomic E-state index is -5.24. The van der Waals surface area contributed by atoms with E-state index in [1.54, 1.807) is 0 Å². The van der Waals surface area contributed by atoms with Gasteiger partial charge in [0.25, 0.3) is 13.4 Å². The highest BCUT2D eigenvalue weighted by molar-refractivity contribution is 7.84. The third-order valence-corrected chi connectivity index (χ3v) is 9.17. The molecule has 7 rings (SSSR count). The highest BCUT2D eigenvalue weighted by Gasteiger charge is 2.50. The Kier molecular flexibility index (Phi) is 6.79. The molecular weight excluding hydrogens is 622 g/mol. The highest BCUT2D eigenvalue weighted by atomic mass is 32.2. The summed E-state index contributed by atoms with van der Waals surface area (Å²) < 4.78 is 86.3. The van der Waals surface area contributed by atoms with Crippen LogP contribution in [-0.4, -0.2) is 91.4 Å². The molecule has 0 amide bonds. The van der Waals surface area contributed by atoms with E-state index in [9.17, 15) is 22.7 Å². The number of imidazole rings is 2. The van der Waals surface area contributed by atoms with E-state index in [0.29, 0.717) is 0 Å². The van der Waals surface area contributed by atoms with Crippen molar-refractivity contribution in [2.24, 2.45) is 0 Å². The molecule has 0 radical (unpaired) electrons. The lowest BCUT2D eigenvalue weighted by molar-refractivity contribution is -0.235. The molecule has 3 aliphatic rings. The number of hydrogen-bond donors (Lipinski definition) is 3. The maximum atomic E-state index is 15.8. The monoisotopic (exact) mass is 643 g/mol. The molecule has 1 unspecified atom stereocenters. The molecule has 20 nitrogen and oxygen atoms in total. The molecule has 8 atom stereocenters. The lowest BCUT2D eigenvalue weighted by Gasteiger charge is -2.31. The smallest absolute Gasteiger partial charge is 0.336 e. The van der Waals surface area contributed by atoms with Crippen LogP contribution < -0.4 is 20.9 Å². The zero-order chi connectivity index (χ0) is 30.1. The predicted molar refractivity (Wildman–Crippen MR) is 135 cm³/mol. The fourth-order valence-electron chi connectivity index (χ4n) is 5.22. The second-order valence-electron chi connectivity index (χ2n) is 9.79. The SMILES string of the molecule is Nc1ncnc2c1ncn2[C@@H]1O[C@@H]2CNS(=O)(=O)O[C@H]3C[C@H](n4cnc5c(=O)[nH]ncc54)O[C@@H]3COP(=O)([O-])O[C@H]2[C@H]1F. The first-order valence-corrected chi connectivity index (χ1v) is 15.5. The minimum Gasteiger partial charge on any atom is -0.756 e. The van der Waals surface area contributed by atoms with E-state index in [1.807, 2.05) is 0 Å². The van der Waals surface area contributed by atoms with Crippen molar-refractivity contribution in [2.45, 2.75) is 49.5 Å². The number of aromatic nitrogens is 8. The van der Waals surface area contributed by atoms with Gasteiger partial charge in [-0.2, -0.15) is 18.2 Å². The lowest BCUT2D eigenvalue weighted by atomic mass is 10.1. The third kappa shape index (κ3) is 5.09. The zero-order valence-electron chi connectivity index (χ0n) is 21.5. The largest absolute Gasteiger partial charge is 0.756 e. The summed E-state index contributed by atoms with van der Waals surface area (Å²) in [6.45, 7) is -1.39. The maximum absolute atomic E-state index is 15.8. The van der Waals surface area contributed by atoms with E-state index < -0.39 is 79.9 Å². The average Bonchev–Trinajstić information content (AvgIpc) is 3.72. The van der Waals surface area contributed by atoms with Gasteiger partial charge in [-0.05, 0) is 0 Å². The summed E-state index contributed by atoms with van der Waals surface area (Å²) in [6, 6.07) is 0. The molecule has 23 heteroatoms. The van der Waals surface area contributed by atoms with Crippen molar-refractivity contribution in [1.82, 2.24) is 44.0 Å². The van der Waals surface area contributed by atoms with Crippen molar-refractivity contribution >= 4 is 46.1 Å². The second-order valence-corrected chi connectivity index (χ2v) is 12.5. The van der Waals surface area contributed by atoms with E-state index in [-0.39, 0.29) is 34.4 Å². The van der Waals surface area contributed by atoms with E-state index in [2.05, 4.69) is 34.9 Å². The molecule has 0 bridgehead atoms. The normalized spacial score (nSPS) is 34.9. The fourth-order valence-corrected chi connectivity index (χ4v) is 7.12. The molecule has 0 spiro atoms. The lowest BCUT2D eigenvalue weighted by Crippen LogP contribution is -2.44. The molecule has 43 heavy (non-hydrogen) atoms. The van der Waals surface area contributed by atoms with Gasteiger partial charge in [-0.25, -0.2) is 29.4 Å². The Morgan fingerprint density at radius 3 is 2.72 bits per heavy atom. The van der Waals surface area contributed by atoms with Gasteiger partial charge in [-0.15, -0.1) is 0 Å². The minimum absolute atomic E-state index is 0.0174. The van der Waals surface area contributed by atoms with Crippen LogP contribution in [0.5, 0.6) is 0 Å². The number of nitrogens with one attached hydrogen (secondary N) is 2. The van der Waals surface area contributed by atoms with Gasteiger partial charge < -0.3 is 33.7 Å². The molecule has 4 aromatic heterocycles. The van der Waals surface area contributed by atoms with Crippen LogP contribution in [0.1, 0.15) is 18.9 Å². The Morgan fingerprint density at radius 2 is 1.88 bits per heavy atom. The number of H-pyrrole nitrogens is 1. The van der Waals surface area contributed by atoms with Crippen LogP contribution in [0.4, 0.5) is 10.2 Å². The van der Waals surface area contributed by atoms with E-state index in [4.69, 9.17) is 28.4 Å². The van der Waals surface area contributed by atoms with Gasteiger partial charge in [0.05, 0.1) is 31.0 Å². The van der Waals surface area contributed by atoms with Crippen molar-refractivity contribution in [2.75, 3.05) is 18.9 Å². The Labute approximate surface area is 239 Å². The number of phosphoric ester groups is 1. The number of rotatable bonds is 2. The molecule has 0 saturated carbocycles. The topological polar surface area (TPSA) is 266 Å². The number of anilines is 1. The van der Waals surface area contributed by atoms with Gasteiger partial charge in [-0.3, -0.25) is 18.1 Å². The molecule has 3 aliphatic heterocycles. The first kappa shape index (κ1) is 28.3. The number of halogens is 1. The first-order chi connectivity index (χ1) is 20.5. The molecule has 3 saturated heterocycles. The number of alkyl halides is 1. The maximum Gasteiger partial charge on any atom is 0.336 e. The Balaban J connectivity index is 1.15. The number of phosphoric acid groups is 1. The van der Waals surface area contributed by atoms with Gasteiger partial charge in [-0.1, -0.05) is 0 Å². The number of nitrogens with two attached hydrogens (primary N) is 1. The quantitative estimate of drug-likeness (QED) is 0.203. The first-order valence-electron chi connectivity index (χ1n) is 12.6. The van der Waals surface area contributed by atoms with Gasteiger partial charge in [0.2, 0.25) is 0 Å². The average molecular weight is 643 g/mol. The molecular formula is C20H21FN10O10PS-. The summed E-state index contributed by atoms with van der Waals surface area (Å²) in [7, 11) is -9.78. The molecule has 4 N–H and O–H groups in total. The van der Waals surface area contributed by atoms with Crippen molar-refractivity contribution in [3.8, 4) is 0 Å². The van der Waals surface area contributed by atoms with Gasteiger partial charge in [0, 0.05) is 13.0 Å². The number of nitrogens with zero attached hydrogens (tertiary/aromatic N) is 7. The van der Waals surface area contributed by atoms with Crippen LogP contribution in [0.15, 0.2) is 30.0 Å². The summed E-state index contributed by atoms with van der Waals surface area (Å²) in [5, 5.41) is 5.97.